The van der Waals surface area contributed by atoms with Gasteiger partial charge < -0.3 is 9.64 Å². The average Bonchev–Trinajstić information content (AvgIpc) is 2.67. The smallest absolute Gasteiger partial charge is 0.338 e. The maximum absolute atomic E-state index is 12.3. The highest BCUT2D eigenvalue weighted by atomic mass is 16.5. The van der Waals surface area contributed by atoms with E-state index in [4.69, 9.17) is 4.74 Å². The first-order valence-electron chi connectivity index (χ1n) is 9.53. The third-order valence-electron chi connectivity index (χ3n) is 5.24. The van der Waals surface area contributed by atoms with Crippen LogP contribution in [0.2, 0.25) is 0 Å². The second kappa shape index (κ2) is 8.38. The molecule has 0 N–H and O–H groups in total. The van der Waals surface area contributed by atoms with Crippen molar-refractivity contribution < 1.29 is 14.3 Å². The van der Waals surface area contributed by atoms with Crippen molar-refractivity contribution in [1.29, 1.82) is 0 Å². The largest absolute Gasteiger partial charge is 0.452 e. The number of aryl methyl sites for hydroxylation is 4. The normalized spacial score (nSPS) is 13.0. The molecule has 1 aliphatic rings. The maximum atomic E-state index is 12.3. The number of carbonyl (C=O) groups is 2. The summed E-state index contributed by atoms with van der Waals surface area (Å²) in [5, 5.41) is 0. The minimum atomic E-state index is -0.434. The fraction of sp³-hybridized carbons (Fsp3) is 0.391. The molecule has 0 bridgehead atoms. The summed E-state index contributed by atoms with van der Waals surface area (Å²) in [4.78, 5) is 26.3. The number of nitrogens with zero attached hydrogens (tertiary/aromatic N) is 1. The molecular weight excluding hydrogens is 338 g/mol. The zero-order chi connectivity index (χ0) is 19.4. The molecule has 27 heavy (non-hydrogen) atoms. The third-order valence-corrected chi connectivity index (χ3v) is 5.24. The van der Waals surface area contributed by atoms with E-state index in [0.29, 0.717) is 12.1 Å². The van der Waals surface area contributed by atoms with Gasteiger partial charge in [-0.05, 0) is 73.9 Å². The number of carbonyl (C=O) groups excluding carboxylic acids is 2. The van der Waals surface area contributed by atoms with Gasteiger partial charge in [0.2, 0.25) is 0 Å². The van der Waals surface area contributed by atoms with Gasteiger partial charge in [-0.3, -0.25) is 4.79 Å². The number of esters is 1. The van der Waals surface area contributed by atoms with E-state index in [1.165, 1.54) is 23.1 Å². The highest BCUT2D eigenvalue weighted by molar-refractivity contribution is 5.91. The summed E-state index contributed by atoms with van der Waals surface area (Å²) in [5.74, 6) is -0.641. The predicted molar refractivity (Wildman–Crippen MR) is 106 cm³/mol. The first kappa shape index (κ1) is 19.2. The Hall–Kier alpha value is -2.62. The van der Waals surface area contributed by atoms with E-state index in [9.17, 15) is 9.59 Å². The lowest BCUT2D eigenvalue weighted by molar-refractivity contribution is -0.133. The fourth-order valence-electron chi connectivity index (χ4n) is 3.55. The highest BCUT2D eigenvalue weighted by Crippen LogP contribution is 2.22. The van der Waals surface area contributed by atoms with Gasteiger partial charge in [0, 0.05) is 13.6 Å². The van der Waals surface area contributed by atoms with Crippen LogP contribution in [0, 0.1) is 13.8 Å². The van der Waals surface area contributed by atoms with Crippen molar-refractivity contribution in [3.05, 3.63) is 69.8 Å². The van der Waals surface area contributed by atoms with Gasteiger partial charge in [-0.15, -0.1) is 0 Å². The van der Waals surface area contributed by atoms with Gasteiger partial charge in [-0.25, -0.2) is 4.79 Å². The number of rotatable bonds is 5. The molecule has 2 aromatic carbocycles. The maximum Gasteiger partial charge on any atom is 0.338 e. The Morgan fingerprint density at radius 3 is 2.48 bits per heavy atom. The molecule has 0 spiro atoms. The SMILES string of the molecule is Cc1ccc(CN(C)C(=O)COC(=O)c2ccc3c(c2)CCCC3)c(C)c1. The van der Waals surface area contributed by atoms with Crippen LogP contribution in [0.1, 0.15) is 51.0 Å². The molecule has 1 amide bonds. The van der Waals surface area contributed by atoms with E-state index in [0.717, 1.165) is 30.4 Å². The Bertz CT molecular complexity index is 857. The molecule has 0 saturated heterocycles. The minimum absolute atomic E-state index is 0.207. The zero-order valence-electron chi connectivity index (χ0n) is 16.4. The first-order valence-corrected chi connectivity index (χ1v) is 9.53. The number of benzene rings is 2. The zero-order valence-corrected chi connectivity index (χ0v) is 16.4. The van der Waals surface area contributed by atoms with E-state index < -0.39 is 5.97 Å². The lowest BCUT2D eigenvalue weighted by atomic mass is 9.90. The van der Waals surface area contributed by atoms with Gasteiger partial charge in [-0.1, -0.05) is 29.8 Å². The molecule has 0 fully saturated rings. The number of ether oxygens (including phenoxy) is 1. The van der Waals surface area contributed by atoms with Crippen LogP contribution in [0.25, 0.3) is 0 Å². The summed E-state index contributed by atoms with van der Waals surface area (Å²) >= 11 is 0. The molecule has 4 nitrogen and oxygen atoms in total. The molecule has 0 unspecified atom stereocenters. The van der Waals surface area contributed by atoms with Crippen LogP contribution in [0.3, 0.4) is 0 Å². The van der Waals surface area contributed by atoms with Crippen LogP contribution >= 0.6 is 0 Å². The standard InChI is InChI=1S/C23H27NO3/c1-16-8-9-21(17(2)12-16)14-24(3)22(25)15-27-23(26)20-11-10-18-6-4-5-7-19(18)13-20/h8-13H,4-7,14-15H2,1-3H3. The van der Waals surface area contributed by atoms with Crippen molar-refractivity contribution in [2.24, 2.45) is 0 Å². The molecule has 0 atom stereocenters. The molecule has 142 valence electrons. The Morgan fingerprint density at radius 2 is 1.74 bits per heavy atom. The van der Waals surface area contributed by atoms with E-state index in [1.807, 2.05) is 38.1 Å². The van der Waals surface area contributed by atoms with Gasteiger partial charge >= 0.3 is 5.97 Å². The van der Waals surface area contributed by atoms with E-state index in [-0.39, 0.29) is 12.5 Å². The Balaban J connectivity index is 1.55. The molecule has 1 aliphatic carbocycles. The minimum Gasteiger partial charge on any atom is -0.452 e. The highest BCUT2D eigenvalue weighted by Gasteiger charge is 2.17. The third kappa shape index (κ3) is 4.76. The van der Waals surface area contributed by atoms with E-state index in [1.54, 1.807) is 18.0 Å². The monoisotopic (exact) mass is 365 g/mol. The predicted octanol–water partition coefficient (Wildman–Crippen LogP) is 4.00. The van der Waals surface area contributed by atoms with Gasteiger partial charge in [0.05, 0.1) is 5.56 Å². The molecule has 0 saturated carbocycles. The summed E-state index contributed by atoms with van der Waals surface area (Å²) in [6.07, 6.45) is 4.45. The van der Waals surface area contributed by atoms with Crippen molar-refractivity contribution in [1.82, 2.24) is 4.90 Å². The number of amides is 1. The molecule has 0 heterocycles. The van der Waals surface area contributed by atoms with E-state index >= 15 is 0 Å². The summed E-state index contributed by atoms with van der Waals surface area (Å²) in [6.45, 7) is 4.35. The fourth-order valence-corrected chi connectivity index (χ4v) is 3.55. The molecular formula is C23H27NO3. The van der Waals surface area contributed by atoms with Crippen molar-refractivity contribution in [2.75, 3.05) is 13.7 Å². The summed E-state index contributed by atoms with van der Waals surface area (Å²) in [6, 6.07) is 11.9. The number of likely N-dealkylation sites (N-methyl/N-ethyl adjacent to an activating group) is 1. The Morgan fingerprint density at radius 1 is 1.00 bits per heavy atom. The van der Waals surface area contributed by atoms with Crippen LogP contribution in [-0.4, -0.2) is 30.4 Å². The van der Waals surface area contributed by atoms with Gasteiger partial charge in [-0.2, -0.15) is 0 Å². The van der Waals surface area contributed by atoms with Gasteiger partial charge in [0.25, 0.3) is 5.91 Å². The van der Waals surface area contributed by atoms with Crippen LogP contribution < -0.4 is 0 Å². The first-order chi connectivity index (χ1) is 12.9. The number of fused-ring (bicyclic) bond motifs is 1. The Labute approximate surface area is 161 Å². The summed E-state index contributed by atoms with van der Waals surface area (Å²) < 4.78 is 5.26. The number of hydrogen-bond acceptors (Lipinski definition) is 3. The lowest BCUT2D eigenvalue weighted by Crippen LogP contribution is -2.31. The van der Waals surface area contributed by atoms with Crippen molar-refractivity contribution in [3.8, 4) is 0 Å². The Kier molecular flexibility index (Phi) is 5.94. The molecule has 2 aromatic rings. The van der Waals surface area contributed by atoms with Crippen LogP contribution in [0.15, 0.2) is 36.4 Å². The average molecular weight is 365 g/mol. The molecule has 0 radical (unpaired) electrons. The number of hydrogen-bond donors (Lipinski definition) is 0. The topological polar surface area (TPSA) is 46.6 Å². The van der Waals surface area contributed by atoms with E-state index in [2.05, 4.69) is 6.07 Å². The molecule has 4 heteroatoms. The second-order valence-electron chi connectivity index (χ2n) is 7.45. The van der Waals surface area contributed by atoms with Crippen LogP contribution in [0.5, 0.6) is 0 Å². The quantitative estimate of drug-likeness (QED) is 0.753. The summed E-state index contributed by atoms with van der Waals surface area (Å²) in [5.41, 5.74) is 6.53. The van der Waals surface area contributed by atoms with Crippen molar-refractivity contribution >= 4 is 11.9 Å². The van der Waals surface area contributed by atoms with Crippen molar-refractivity contribution in [3.63, 3.8) is 0 Å². The van der Waals surface area contributed by atoms with Gasteiger partial charge in [0.1, 0.15) is 0 Å². The second-order valence-corrected chi connectivity index (χ2v) is 7.45. The van der Waals surface area contributed by atoms with Crippen LogP contribution in [-0.2, 0) is 28.9 Å². The van der Waals surface area contributed by atoms with Crippen molar-refractivity contribution in [2.45, 2.75) is 46.1 Å². The van der Waals surface area contributed by atoms with Crippen LogP contribution in [0.4, 0.5) is 0 Å². The molecule has 0 aromatic heterocycles. The van der Waals surface area contributed by atoms with Gasteiger partial charge in [0.15, 0.2) is 6.61 Å². The molecule has 0 aliphatic heterocycles. The summed E-state index contributed by atoms with van der Waals surface area (Å²) in [7, 11) is 1.73. The lowest BCUT2D eigenvalue weighted by Gasteiger charge is -2.19. The molecule has 3 rings (SSSR count).